The maximum absolute atomic E-state index is 11.7. The van der Waals surface area contributed by atoms with Crippen LogP contribution >= 0.6 is 0 Å². The Bertz CT molecular complexity index is 481. The quantitative estimate of drug-likeness (QED) is 0.832. The molecule has 0 radical (unpaired) electrons. The van der Waals surface area contributed by atoms with E-state index in [1.807, 2.05) is 57.1 Å². The van der Waals surface area contributed by atoms with Crippen LogP contribution in [0.1, 0.15) is 30.5 Å². The molecule has 1 atom stereocenters. The predicted molar refractivity (Wildman–Crippen MR) is 79.7 cm³/mol. The van der Waals surface area contributed by atoms with Gasteiger partial charge in [-0.05, 0) is 33.0 Å². The highest BCUT2D eigenvalue weighted by Gasteiger charge is 2.17. The Morgan fingerprint density at radius 3 is 2.26 bits per heavy atom. The summed E-state index contributed by atoms with van der Waals surface area (Å²) < 4.78 is 26.1. The van der Waals surface area contributed by atoms with Crippen LogP contribution in [0.2, 0.25) is 0 Å². The molecule has 0 saturated carbocycles. The minimum absolute atomic E-state index is 0.0484. The molecule has 4 nitrogen and oxygen atoms in total. The van der Waals surface area contributed by atoms with Crippen LogP contribution in [0.4, 0.5) is 0 Å². The van der Waals surface area contributed by atoms with Crippen LogP contribution in [0.5, 0.6) is 0 Å². The fraction of sp³-hybridized carbons (Fsp3) is 0.571. The number of likely N-dealkylation sites (N-methyl/N-ethyl adjacent to an activating group) is 1. The molecule has 0 aromatic heterocycles. The van der Waals surface area contributed by atoms with Crippen molar-refractivity contribution in [2.45, 2.75) is 26.3 Å². The highest BCUT2D eigenvalue weighted by molar-refractivity contribution is 7.89. The molecule has 0 heterocycles. The van der Waals surface area contributed by atoms with Crippen LogP contribution in [-0.2, 0) is 10.0 Å². The van der Waals surface area contributed by atoms with Crippen molar-refractivity contribution in [1.29, 1.82) is 0 Å². The van der Waals surface area contributed by atoms with Crippen LogP contribution in [0.15, 0.2) is 24.3 Å². The first-order valence-corrected chi connectivity index (χ1v) is 8.21. The second-order valence-electron chi connectivity index (χ2n) is 5.06. The Labute approximate surface area is 116 Å². The second kappa shape index (κ2) is 7.03. The number of aryl methyl sites for hydroxylation is 1. The van der Waals surface area contributed by atoms with E-state index in [-0.39, 0.29) is 11.8 Å². The van der Waals surface area contributed by atoms with E-state index in [1.54, 1.807) is 0 Å². The lowest BCUT2D eigenvalue weighted by molar-refractivity contribution is 0.299. The second-order valence-corrected chi connectivity index (χ2v) is 6.98. The zero-order valence-corrected chi connectivity index (χ0v) is 13.0. The minimum atomic E-state index is -3.15. The van der Waals surface area contributed by atoms with Gasteiger partial charge in [-0.3, -0.25) is 0 Å². The average molecular weight is 284 g/mol. The molecule has 0 spiro atoms. The Morgan fingerprint density at radius 1 is 1.21 bits per heavy atom. The molecule has 1 aromatic carbocycles. The summed E-state index contributed by atoms with van der Waals surface area (Å²) in [5.74, 6) is 0.182. The summed E-state index contributed by atoms with van der Waals surface area (Å²) in [4.78, 5) is 2.03. The zero-order chi connectivity index (χ0) is 14.5. The van der Waals surface area contributed by atoms with Gasteiger partial charge in [-0.25, -0.2) is 13.1 Å². The number of rotatable bonds is 7. The molecule has 0 amide bonds. The summed E-state index contributed by atoms with van der Waals surface area (Å²) in [7, 11) is 0.761. The molecule has 1 aromatic rings. The van der Waals surface area contributed by atoms with E-state index >= 15 is 0 Å². The van der Waals surface area contributed by atoms with Gasteiger partial charge in [0.2, 0.25) is 10.0 Å². The summed E-state index contributed by atoms with van der Waals surface area (Å²) in [6.45, 7) is 4.30. The van der Waals surface area contributed by atoms with Gasteiger partial charge in [-0.15, -0.1) is 0 Å². The van der Waals surface area contributed by atoms with E-state index in [0.717, 1.165) is 5.56 Å². The summed E-state index contributed by atoms with van der Waals surface area (Å²) in [6.07, 6.45) is 0.631. The van der Waals surface area contributed by atoms with Crippen LogP contribution in [0.25, 0.3) is 0 Å². The fourth-order valence-electron chi connectivity index (χ4n) is 1.93. The molecule has 0 aliphatic rings. The van der Waals surface area contributed by atoms with Gasteiger partial charge in [0.15, 0.2) is 0 Å². The van der Waals surface area contributed by atoms with Gasteiger partial charge in [0.1, 0.15) is 0 Å². The number of nitrogens with zero attached hydrogens (tertiary/aromatic N) is 1. The maximum Gasteiger partial charge on any atom is 0.211 e. The van der Waals surface area contributed by atoms with Crippen molar-refractivity contribution in [3.63, 3.8) is 0 Å². The van der Waals surface area contributed by atoms with Gasteiger partial charge in [-0.2, -0.15) is 0 Å². The first-order valence-electron chi connectivity index (χ1n) is 6.56. The van der Waals surface area contributed by atoms with E-state index in [4.69, 9.17) is 0 Å². The maximum atomic E-state index is 11.7. The summed E-state index contributed by atoms with van der Waals surface area (Å²) in [5, 5.41) is 0. The van der Waals surface area contributed by atoms with Gasteiger partial charge in [0, 0.05) is 12.6 Å². The number of nitrogens with one attached hydrogen (secondary N) is 1. The average Bonchev–Trinajstić information content (AvgIpc) is 2.31. The van der Waals surface area contributed by atoms with Gasteiger partial charge in [0.05, 0.1) is 5.75 Å². The number of hydrogen-bond donors (Lipinski definition) is 1. The first kappa shape index (κ1) is 16.1. The highest BCUT2D eigenvalue weighted by Crippen LogP contribution is 2.18. The largest absolute Gasteiger partial charge is 0.301 e. The topological polar surface area (TPSA) is 49.4 Å². The third kappa shape index (κ3) is 5.30. The summed E-state index contributed by atoms with van der Waals surface area (Å²) in [6, 6.07) is 8.24. The molecule has 1 unspecified atom stereocenters. The third-order valence-corrected chi connectivity index (χ3v) is 4.61. The van der Waals surface area contributed by atoms with Crippen molar-refractivity contribution in [3.8, 4) is 0 Å². The van der Waals surface area contributed by atoms with Gasteiger partial charge in [0.25, 0.3) is 0 Å². The molecule has 1 N–H and O–H groups in total. The number of sulfonamides is 1. The van der Waals surface area contributed by atoms with Crippen molar-refractivity contribution in [1.82, 2.24) is 9.62 Å². The Kier molecular flexibility index (Phi) is 5.97. The van der Waals surface area contributed by atoms with Crippen molar-refractivity contribution in [2.75, 3.05) is 26.4 Å². The smallest absolute Gasteiger partial charge is 0.211 e. The minimum Gasteiger partial charge on any atom is -0.301 e. The molecule has 108 valence electrons. The molecular weight excluding hydrogens is 260 g/mol. The molecule has 0 fully saturated rings. The SMILES string of the molecule is CCCS(=O)(=O)NCC(c1ccc(C)cc1)N(C)C. The van der Waals surface area contributed by atoms with Gasteiger partial charge >= 0.3 is 0 Å². The van der Waals surface area contributed by atoms with E-state index in [2.05, 4.69) is 4.72 Å². The molecule has 1 rings (SSSR count). The molecule has 0 bridgehead atoms. The van der Waals surface area contributed by atoms with E-state index < -0.39 is 10.0 Å². The highest BCUT2D eigenvalue weighted by atomic mass is 32.2. The summed E-state index contributed by atoms with van der Waals surface area (Å²) >= 11 is 0. The molecule has 19 heavy (non-hydrogen) atoms. The standard InChI is InChI=1S/C14H24N2O2S/c1-5-10-19(17,18)15-11-14(16(3)4)13-8-6-12(2)7-9-13/h6-9,14-15H,5,10-11H2,1-4H3. The summed E-state index contributed by atoms with van der Waals surface area (Å²) in [5.41, 5.74) is 2.32. The Balaban J connectivity index is 2.77. The van der Waals surface area contributed by atoms with Crippen LogP contribution in [-0.4, -0.2) is 39.7 Å². The number of benzene rings is 1. The van der Waals surface area contributed by atoms with Crippen LogP contribution in [0.3, 0.4) is 0 Å². The van der Waals surface area contributed by atoms with E-state index in [9.17, 15) is 8.42 Å². The zero-order valence-electron chi connectivity index (χ0n) is 12.2. The monoisotopic (exact) mass is 284 g/mol. The van der Waals surface area contributed by atoms with Crippen molar-refractivity contribution < 1.29 is 8.42 Å². The van der Waals surface area contributed by atoms with Crippen LogP contribution in [0, 0.1) is 6.92 Å². The lowest BCUT2D eigenvalue weighted by atomic mass is 10.0. The van der Waals surface area contributed by atoms with E-state index in [1.165, 1.54) is 5.56 Å². The van der Waals surface area contributed by atoms with Gasteiger partial charge < -0.3 is 4.90 Å². The molecule has 0 aliphatic carbocycles. The molecule has 0 aliphatic heterocycles. The molecule has 0 saturated heterocycles. The van der Waals surface area contributed by atoms with Crippen molar-refractivity contribution in [2.24, 2.45) is 0 Å². The third-order valence-electron chi connectivity index (χ3n) is 3.05. The predicted octanol–water partition coefficient (Wildman–Crippen LogP) is 1.93. The van der Waals surface area contributed by atoms with Crippen molar-refractivity contribution >= 4 is 10.0 Å². The number of hydrogen-bond acceptors (Lipinski definition) is 3. The lowest BCUT2D eigenvalue weighted by Gasteiger charge is -2.25. The Morgan fingerprint density at radius 2 is 1.79 bits per heavy atom. The van der Waals surface area contributed by atoms with E-state index in [0.29, 0.717) is 13.0 Å². The van der Waals surface area contributed by atoms with Crippen LogP contribution < -0.4 is 4.72 Å². The normalized spacial score (nSPS) is 13.7. The first-order chi connectivity index (χ1) is 8.85. The van der Waals surface area contributed by atoms with Crippen molar-refractivity contribution in [3.05, 3.63) is 35.4 Å². The van der Waals surface area contributed by atoms with Gasteiger partial charge in [-0.1, -0.05) is 36.8 Å². The fourth-order valence-corrected chi connectivity index (χ4v) is 3.03. The molecular formula is C14H24N2O2S. The Hall–Kier alpha value is -0.910. The molecule has 5 heteroatoms. The lowest BCUT2D eigenvalue weighted by Crippen LogP contribution is -2.35.